The van der Waals surface area contributed by atoms with Crippen molar-refractivity contribution in [2.75, 3.05) is 11.9 Å². The molecule has 2 aromatic carbocycles. The molecule has 2 aromatic heterocycles. The number of aliphatic hydroxyl groups is 1. The number of fused-ring (bicyclic) bond motifs is 1. The smallest absolute Gasteiger partial charge is 0.329 e. The van der Waals surface area contributed by atoms with Gasteiger partial charge in [0.05, 0.1) is 6.54 Å². The van der Waals surface area contributed by atoms with Crippen molar-refractivity contribution in [2.24, 2.45) is 7.05 Å². The second-order valence-electron chi connectivity index (χ2n) is 8.54. The second-order valence-corrected chi connectivity index (χ2v) is 8.54. The van der Waals surface area contributed by atoms with Crippen LogP contribution in [-0.4, -0.2) is 54.0 Å². The van der Waals surface area contributed by atoms with Crippen molar-refractivity contribution in [3.63, 3.8) is 0 Å². The minimum atomic E-state index is -1.12. The van der Waals surface area contributed by atoms with Crippen molar-refractivity contribution in [3.8, 4) is 5.75 Å². The van der Waals surface area contributed by atoms with Gasteiger partial charge in [0.1, 0.15) is 24.5 Å². The molecule has 4 N–H and O–H groups in total. The number of aromatic nitrogens is 4. The molecule has 0 fully saturated rings. The van der Waals surface area contributed by atoms with Gasteiger partial charge in [0.2, 0.25) is 5.95 Å². The number of hydrogen-bond acceptors (Lipinski definition) is 7. The highest BCUT2D eigenvalue weighted by Crippen LogP contribution is 2.19. The van der Waals surface area contributed by atoms with E-state index in [-0.39, 0.29) is 36.7 Å². The molecule has 0 spiro atoms. The maximum absolute atomic E-state index is 12.7. The molecule has 4 rings (SSSR count). The van der Waals surface area contributed by atoms with E-state index in [1.807, 2.05) is 43.3 Å². The number of anilines is 1. The summed E-state index contributed by atoms with van der Waals surface area (Å²) in [6.45, 7) is 1.70. The summed E-state index contributed by atoms with van der Waals surface area (Å²) in [5, 5.41) is 23.4. The number of aliphatic carboxylic acids is 1. The minimum Gasteiger partial charge on any atom is -0.491 e. The summed E-state index contributed by atoms with van der Waals surface area (Å²) in [6, 6.07) is 15.3. The number of carbonyl (C=O) groups is 1. The third-order valence-electron chi connectivity index (χ3n) is 5.72. The first kappa shape index (κ1) is 24.7. The van der Waals surface area contributed by atoms with Crippen LogP contribution in [-0.2, 0) is 24.8 Å². The quantitative estimate of drug-likeness (QED) is 0.258. The third-order valence-corrected chi connectivity index (χ3v) is 5.72. The van der Waals surface area contributed by atoms with Crippen molar-refractivity contribution < 1.29 is 19.7 Å². The second kappa shape index (κ2) is 10.5. The standard InChI is InChI=1S/C25H27N5O6/c1-15-7-6-10-18(11-15)36-14-17(31)13-30-20-21(29(2)25(35)28-22(20)32)27-24(30)26-19(23(33)34)12-16-8-4-3-5-9-16/h3-11,17,19,31H,12-14H2,1-2H3,(H,26,27)(H,33,34)(H,28,32,35)/t17-,19+/m1/s1. The van der Waals surface area contributed by atoms with Gasteiger partial charge in [-0.2, -0.15) is 4.98 Å². The van der Waals surface area contributed by atoms with Crippen LogP contribution in [0.2, 0.25) is 0 Å². The highest BCUT2D eigenvalue weighted by molar-refractivity contribution is 5.79. The molecule has 4 aromatic rings. The van der Waals surface area contributed by atoms with E-state index in [2.05, 4.69) is 15.3 Å². The minimum absolute atomic E-state index is 0.0260. The fraction of sp³-hybridized carbons (Fsp3) is 0.280. The Morgan fingerprint density at radius 2 is 1.92 bits per heavy atom. The van der Waals surface area contributed by atoms with Gasteiger partial charge in [-0.05, 0) is 30.2 Å². The normalized spacial score (nSPS) is 12.9. The Hall–Kier alpha value is -4.38. The van der Waals surface area contributed by atoms with Crippen LogP contribution in [0.3, 0.4) is 0 Å². The number of aryl methyl sites for hydroxylation is 2. The first-order valence-electron chi connectivity index (χ1n) is 11.3. The zero-order valence-corrected chi connectivity index (χ0v) is 19.8. The number of carboxylic acids is 1. The molecular formula is C25H27N5O6. The number of carboxylic acid groups (broad SMARTS) is 1. The molecule has 36 heavy (non-hydrogen) atoms. The van der Waals surface area contributed by atoms with Crippen LogP contribution in [0, 0.1) is 6.92 Å². The lowest BCUT2D eigenvalue weighted by Gasteiger charge is -2.19. The first-order chi connectivity index (χ1) is 17.2. The van der Waals surface area contributed by atoms with Gasteiger partial charge in [-0.1, -0.05) is 42.5 Å². The molecule has 0 saturated heterocycles. The molecule has 0 aliphatic heterocycles. The van der Waals surface area contributed by atoms with Crippen molar-refractivity contribution >= 4 is 23.1 Å². The molecule has 2 heterocycles. The summed E-state index contributed by atoms with van der Waals surface area (Å²) < 4.78 is 8.21. The van der Waals surface area contributed by atoms with E-state index < -0.39 is 29.4 Å². The Labute approximate surface area is 205 Å². The zero-order chi connectivity index (χ0) is 25.8. The lowest BCUT2D eigenvalue weighted by atomic mass is 10.1. The van der Waals surface area contributed by atoms with Gasteiger partial charge in [-0.15, -0.1) is 0 Å². The van der Waals surface area contributed by atoms with Crippen LogP contribution in [0.15, 0.2) is 64.2 Å². The molecule has 0 bridgehead atoms. The Morgan fingerprint density at radius 1 is 1.17 bits per heavy atom. The molecule has 11 heteroatoms. The fourth-order valence-electron chi connectivity index (χ4n) is 3.89. The van der Waals surface area contributed by atoms with Crippen LogP contribution < -0.4 is 21.3 Å². The van der Waals surface area contributed by atoms with Gasteiger partial charge >= 0.3 is 11.7 Å². The summed E-state index contributed by atoms with van der Waals surface area (Å²) in [7, 11) is 1.44. The topological polar surface area (TPSA) is 151 Å². The number of nitrogens with one attached hydrogen (secondary N) is 2. The number of imidazole rings is 1. The monoisotopic (exact) mass is 493 g/mol. The van der Waals surface area contributed by atoms with E-state index >= 15 is 0 Å². The van der Waals surface area contributed by atoms with Gasteiger partial charge in [-0.3, -0.25) is 14.3 Å². The Kier molecular flexibility index (Phi) is 7.20. The molecule has 11 nitrogen and oxygen atoms in total. The number of nitrogens with zero attached hydrogens (tertiary/aromatic N) is 3. The van der Waals surface area contributed by atoms with Gasteiger partial charge < -0.3 is 24.8 Å². The molecule has 0 saturated carbocycles. The van der Waals surface area contributed by atoms with E-state index in [1.54, 1.807) is 18.2 Å². The first-order valence-corrected chi connectivity index (χ1v) is 11.3. The van der Waals surface area contributed by atoms with Crippen molar-refractivity contribution in [1.29, 1.82) is 0 Å². The van der Waals surface area contributed by atoms with E-state index in [9.17, 15) is 24.6 Å². The van der Waals surface area contributed by atoms with Crippen molar-refractivity contribution in [2.45, 2.75) is 32.0 Å². The molecule has 0 unspecified atom stereocenters. The average molecular weight is 494 g/mol. The number of aromatic amines is 1. The number of H-pyrrole nitrogens is 1. The SMILES string of the molecule is Cc1cccc(OC[C@H](O)Cn2c(N[C@@H](Cc3ccccc3)C(=O)O)nc3c2c(=O)[nH]c(=O)n3C)c1. The summed E-state index contributed by atoms with van der Waals surface area (Å²) in [6.07, 6.45) is -0.925. The van der Waals surface area contributed by atoms with Crippen molar-refractivity contribution in [3.05, 3.63) is 86.6 Å². The van der Waals surface area contributed by atoms with Crippen LogP contribution >= 0.6 is 0 Å². The molecule has 0 radical (unpaired) electrons. The zero-order valence-electron chi connectivity index (χ0n) is 19.8. The summed E-state index contributed by atoms with van der Waals surface area (Å²) in [5.41, 5.74) is 0.512. The molecular weight excluding hydrogens is 466 g/mol. The lowest BCUT2D eigenvalue weighted by Crippen LogP contribution is -2.34. The highest BCUT2D eigenvalue weighted by atomic mass is 16.5. The van der Waals surface area contributed by atoms with E-state index in [0.717, 1.165) is 15.7 Å². The molecule has 188 valence electrons. The fourth-order valence-corrected chi connectivity index (χ4v) is 3.89. The Bertz CT molecular complexity index is 1490. The number of rotatable bonds is 10. The van der Waals surface area contributed by atoms with Crippen LogP contribution in [0.4, 0.5) is 5.95 Å². The highest BCUT2D eigenvalue weighted by Gasteiger charge is 2.25. The maximum atomic E-state index is 12.7. The Morgan fingerprint density at radius 3 is 2.61 bits per heavy atom. The van der Waals surface area contributed by atoms with Crippen LogP contribution in [0.1, 0.15) is 11.1 Å². The summed E-state index contributed by atoms with van der Waals surface area (Å²) >= 11 is 0. The predicted molar refractivity (Wildman–Crippen MR) is 133 cm³/mol. The largest absolute Gasteiger partial charge is 0.491 e. The van der Waals surface area contributed by atoms with Gasteiger partial charge in [-0.25, -0.2) is 9.59 Å². The number of ether oxygens (including phenoxy) is 1. The lowest BCUT2D eigenvalue weighted by molar-refractivity contribution is -0.137. The van der Waals surface area contributed by atoms with Gasteiger partial charge in [0.25, 0.3) is 5.56 Å². The summed E-state index contributed by atoms with van der Waals surface area (Å²) in [5.74, 6) is -0.504. The van der Waals surface area contributed by atoms with Crippen LogP contribution in [0.5, 0.6) is 5.75 Å². The van der Waals surface area contributed by atoms with Crippen LogP contribution in [0.25, 0.3) is 11.2 Å². The molecule has 0 aliphatic rings. The number of benzene rings is 2. The summed E-state index contributed by atoms with van der Waals surface area (Å²) in [4.78, 5) is 43.5. The van der Waals surface area contributed by atoms with Crippen molar-refractivity contribution in [1.82, 2.24) is 19.1 Å². The van der Waals surface area contributed by atoms with Gasteiger partial charge in [0, 0.05) is 13.5 Å². The predicted octanol–water partition coefficient (Wildman–Crippen LogP) is 1.28. The maximum Gasteiger partial charge on any atom is 0.329 e. The Balaban J connectivity index is 1.66. The number of aliphatic hydroxyl groups excluding tert-OH is 1. The average Bonchev–Trinajstić information content (AvgIpc) is 3.20. The van der Waals surface area contributed by atoms with E-state index in [0.29, 0.717) is 5.75 Å². The third kappa shape index (κ3) is 5.47. The molecule has 2 atom stereocenters. The van der Waals surface area contributed by atoms with E-state index in [1.165, 1.54) is 11.6 Å². The van der Waals surface area contributed by atoms with Gasteiger partial charge in [0.15, 0.2) is 11.2 Å². The molecule has 0 aliphatic carbocycles. The number of hydrogen-bond donors (Lipinski definition) is 4. The molecule has 0 amide bonds. The van der Waals surface area contributed by atoms with E-state index in [4.69, 9.17) is 4.74 Å².